The Morgan fingerprint density at radius 3 is 2.70 bits per heavy atom. The molecule has 1 aromatic heterocycles. The third kappa shape index (κ3) is 3.79. The van der Waals surface area contributed by atoms with Gasteiger partial charge in [0.05, 0.1) is 12.8 Å². The molecule has 180 valence electrons. The smallest absolute Gasteiger partial charge is 0.404 e. The first kappa shape index (κ1) is 23.6. The summed E-state index contributed by atoms with van der Waals surface area (Å²) in [5.41, 5.74) is -6.56. The van der Waals surface area contributed by atoms with E-state index in [4.69, 9.17) is 13.6 Å². The number of halogens is 5. The minimum atomic E-state index is -4.81. The number of phosphoric ester groups is 1. The highest BCUT2D eigenvalue weighted by molar-refractivity contribution is 7.49. The van der Waals surface area contributed by atoms with E-state index < -0.39 is 61.8 Å². The topological polar surface area (TPSA) is 129 Å². The van der Waals surface area contributed by atoms with Crippen LogP contribution in [-0.4, -0.2) is 45.3 Å². The number of aromatic nitrogens is 2. The number of H-pyrrole nitrogens is 1. The molecule has 0 radical (unpaired) electrons. The maximum Gasteiger partial charge on any atom is 0.530 e. The number of benzene rings is 1. The van der Waals surface area contributed by atoms with E-state index in [1.807, 2.05) is 0 Å². The molecule has 2 aromatic rings. The summed E-state index contributed by atoms with van der Waals surface area (Å²) in [7, 11) is -4.68. The lowest BCUT2D eigenvalue weighted by atomic mass is 9.95. The van der Waals surface area contributed by atoms with Gasteiger partial charge in [0.1, 0.15) is 12.4 Å². The van der Waals surface area contributed by atoms with Crippen LogP contribution in [0.5, 0.6) is 5.75 Å². The van der Waals surface area contributed by atoms with Gasteiger partial charge in [-0.25, -0.2) is 18.1 Å². The van der Waals surface area contributed by atoms with Crippen molar-refractivity contribution in [2.45, 2.75) is 36.9 Å². The molecule has 2 aliphatic heterocycles. The van der Waals surface area contributed by atoms with Crippen LogP contribution in [-0.2, 0) is 25.0 Å². The van der Waals surface area contributed by atoms with E-state index in [-0.39, 0.29) is 23.1 Å². The average Bonchev–Trinajstić information content (AvgIpc) is 2.96. The van der Waals surface area contributed by atoms with Gasteiger partial charge in [-0.2, -0.15) is 13.2 Å². The fraction of sp³-hybridized carbons (Fsp3) is 0.412. The fourth-order valence-electron chi connectivity index (χ4n) is 3.28. The highest BCUT2D eigenvalue weighted by Crippen LogP contribution is 2.58. The zero-order chi connectivity index (χ0) is 24.2. The highest BCUT2D eigenvalue weighted by Gasteiger charge is 2.74. The highest BCUT2D eigenvalue weighted by atomic mass is 31.2. The number of alkyl halides is 4. The van der Waals surface area contributed by atoms with Crippen LogP contribution in [0.15, 0.2) is 40.1 Å². The van der Waals surface area contributed by atoms with Gasteiger partial charge < -0.3 is 14.4 Å². The maximum atomic E-state index is 14.9. The monoisotopic (exact) mass is 500 g/mol. The molecule has 33 heavy (non-hydrogen) atoms. The Morgan fingerprint density at radius 2 is 2.00 bits per heavy atom. The molecule has 0 amide bonds. The molecular weight excluding hydrogens is 486 g/mol. The predicted octanol–water partition coefficient (Wildman–Crippen LogP) is 1.94. The number of fused-ring (bicyclic) bond motifs is 1. The lowest BCUT2D eigenvalue weighted by Crippen LogP contribution is -2.57. The van der Waals surface area contributed by atoms with Crippen molar-refractivity contribution in [3.8, 4) is 5.75 Å². The van der Waals surface area contributed by atoms with E-state index >= 15 is 0 Å². The van der Waals surface area contributed by atoms with Gasteiger partial charge in [-0.3, -0.25) is 23.4 Å². The summed E-state index contributed by atoms with van der Waals surface area (Å²) in [6, 6.07) is 5.99. The van der Waals surface area contributed by atoms with Gasteiger partial charge in [0.25, 0.3) is 12.0 Å². The molecule has 0 aliphatic carbocycles. The van der Waals surface area contributed by atoms with Crippen LogP contribution in [0.1, 0.15) is 11.8 Å². The van der Waals surface area contributed by atoms with Crippen LogP contribution in [0.4, 0.5) is 22.0 Å². The molecule has 4 atom stereocenters. The standard InChI is InChI=1S/C17H14F5N2O8P/c18-9-5-24(15(27)23-12(9)26)13-11(25)17(21,22)16(31-13,14(19)20)7-30-33(28)29-6-8-3-1-2-4-10(8)32-33/h1-5,11,13-14,25H,6-7H2,(H,23,26,27)/t11-,13+,16-,33?/m0/s1. The summed E-state index contributed by atoms with van der Waals surface area (Å²) in [5, 5.41) is 10.0. The Balaban J connectivity index is 1.65. The third-order valence-corrected chi connectivity index (χ3v) is 6.40. The molecule has 0 bridgehead atoms. The second-order valence-corrected chi connectivity index (χ2v) is 8.70. The number of aliphatic hydroxyl groups is 1. The van der Waals surface area contributed by atoms with Crippen molar-refractivity contribution >= 4 is 7.82 Å². The largest absolute Gasteiger partial charge is 0.530 e. The maximum absolute atomic E-state index is 14.9. The molecule has 0 spiro atoms. The summed E-state index contributed by atoms with van der Waals surface area (Å²) >= 11 is 0. The number of hydrogen-bond acceptors (Lipinski definition) is 8. The second-order valence-electron chi connectivity index (χ2n) is 7.10. The predicted molar refractivity (Wildman–Crippen MR) is 96.5 cm³/mol. The number of hydrogen-bond donors (Lipinski definition) is 2. The molecule has 10 nitrogen and oxygen atoms in total. The van der Waals surface area contributed by atoms with Gasteiger partial charge in [-0.1, -0.05) is 18.2 Å². The summed E-state index contributed by atoms with van der Waals surface area (Å²) < 4.78 is 103. The van der Waals surface area contributed by atoms with E-state index in [9.17, 15) is 41.2 Å². The number of para-hydroxylation sites is 1. The number of aromatic amines is 1. The molecule has 2 N–H and O–H groups in total. The zero-order valence-electron chi connectivity index (χ0n) is 16.1. The molecular formula is C17H14F5N2O8P. The number of ether oxygens (including phenoxy) is 1. The molecule has 1 aromatic carbocycles. The molecule has 0 saturated carbocycles. The van der Waals surface area contributed by atoms with E-state index in [0.29, 0.717) is 5.56 Å². The van der Waals surface area contributed by atoms with Gasteiger partial charge in [0, 0.05) is 5.56 Å². The Bertz CT molecular complexity index is 1240. The Labute approximate surface area is 180 Å². The summed E-state index contributed by atoms with van der Waals surface area (Å²) in [5.74, 6) is -6.44. The van der Waals surface area contributed by atoms with Crippen molar-refractivity contribution < 1.29 is 49.9 Å². The first-order valence-corrected chi connectivity index (χ1v) is 10.6. The molecule has 1 unspecified atom stereocenters. The van der Waals surface area contributed by atoms with Crippen molar-refractivity contribution in [1.29, 1.82) is 0 Å². The lowest BCUT2D eigenvalue weighted by Gasteiger charge is -2.34. The van der Waals surface area contributed by atoms with Crippen LogP contribution in [0, 0.1) is 5.82 Å². The molecule has 1 saturated heterocycles. The van der Waals surface area contributed by atoms with Crippen LogP contribution < -0.4 is 15.8 Å². The van der Waals surface area contributed by atoms with E-state index in [1.54, 1.807) is 6.07 Å². The number of aliphatic hydroxyl groups excluding tert-OH is 1. The molecule has 2 aliphatic rings. The van der Waals surface area contributed by atoms with E-state index in [0.717, 1.165) is 0 Å². The molecule has 1 fully saturated rings. The van der Waals surface area contributed by atoms with Crippen LogP contribution in [0.25, 0.3) is 0 Å². The van der Waals surface area contributed by atoms with Gasteiger partial charge in [-0.15, -0.1) is 0 Å². The second kappa shape index (κ2) is 8.02. The number of phosphoric acid groups is 1. The Hall–Kier alpha value is -2.58. The third-order valence-electron chi connectivity index (χ3n) is 5.09. The molecule has 3 heterocycles. The summed E-state index contributed by atoms with van der Waals surface area (Å²) in [6.45, 7) is -2.16. The van der Waals surface area contributed by atoms with Crippen molar-refractivity contribution in [3.05, 3.63) is 62.7 Å². The Morgan fingerprint density at radius 1 is 1.30 bits per heavy atom. The van der Waals surface area contributed by atoms with Gasteiger partial charge in [-0.05, 0) is 6.07 Å². The van der Waals surface area contributed by atoms with Crippen LogP contribution in [0.3, 0.4) is 0 Å². The molecule has 16 heteroatoms. The molecule has 4 rings (SSSR count). The lowest BCUT2D eigenvalue weighted by molar-refractivity contribution is -0.243. The average molecular weight is 500 g/mol. The van der Waals surface area contributed by atoms with E-state index in [2.05, 4.69) is 4.74 Å². The normalized spacial score (nSPS) is 30.8. The minimum absolute atomic E-state index is 0.00505. The fourth-order valence-corrected chi connectivity index (χ4v) is 4.53. The first-order valence-electron chi connectivity index (χ1n) is 9.10. The quantitative estimate of drug-likeness (QED) is 0.471. The van der Waals surface area contributed by atoms with Crippen molar-refractivity contribution in [1.82, 2.24) is 9.55 Å². The van der Waals surface area contributed by atoms with Crippen LogP contribution >= 0.6 is 7.82 Å². The van der Waals surface area contributed by atoms with Crippen molar-refractivity contribution in [2.24, 2.45) is 0 Å². The number of nitrogens with one attached hydrogen (secondary N) is 1. The van der Waals surface area contributed by atoms with E-state index in [1.165, 1.54) is 23.2 Å². The number of nitrogens with zero attached hydrogens (tertiary/aromatic N) is 1. The number of rotatable bonds is 5. The van der Waals surface area contributed by atoms with Gasteiger partial charge in [0.2, 0.25) is 11.4 Å². The van der Waals surface area contributed by atoms with Gasteiger partial charge >= 0.3 is 19.4 Å². The SMILES string of the molecule is O=c1[nH]c(=O)n([C@@H]2O[C@@](COP3(=O)OCc4ccccc4O3)(C(F)F)C(F)(F)[C@H]2O)cc1F. The zero-order valence-corrected chi connectivity index (χ0v) is 17.0. The van der Waals surface area contributed by atoms with Crippen molar-refractivity contribution in [2.75, 3.05) is 6.61 Å². The summed E-state index contributed by atoms with van der Waals surface area (Å²) in [4.78, 5) is 24.5. The van der Waals surface area contributed by atoms with Gasteiger partial charge in [0.15, 0.2) is 12.3 Å². The van der Waals surface area contributed by atoms with Crippen LogP contribution in [0.2, 0.25) is 0 Å². The first-order chi connectivity index (χ1) is 15.4. The summed E-state index contributed by atoms with van der Waals surface area (Å²) in [6.07, 6.45) is -9.64. The Kier molecular flexibility index (Phi) is 5.73. The van der Waals surface area contributed by atoms with Crippen molar-refractivity contribution in [3.63, 3.8) is 0 Å². The minimum Gasteiger partial charge on any atom is -0.404 e.